The number of thioether (sulfide) groups is 1. The zero-order chi connectivity index (χ0) is 27.9. The molecule has 2 heterocycles. The fourth-order valence-corrected chi connectivity index (χ4v) is 4.26. The molecule has 0 saturated carbocycles. The van der Waals surface area contributed by atoms with Crippen LogP contribution in [0.2, 0.25) is 0 Å². The maximum Gasteiger partial charge on any atom is 0.387 e. The van der Waals surface area contributed by atoms with Crippen LogP contribution in [-0.4, -0.2) is 40.9 Å². The van der Waals surface area contributed by atoms with Crippen LogP contribution in [-0.2, 0) is 9.59 Å². The summed E-state index contributed by atoms with van der Waals surface area (Å²) in [7, 11) is 0. The minimum absolute atomic E-state index is 0.0166. The number of carbonyl (C=O) groups is 2. The van der Waals surface area contributed by atoms with Crippen molar-refractivity contribution in [3.05, 3.63) is 82.4 Å². The molecule has 2 aromatic carbocycles. The van der Waals surface area contributed by atoms with Gasteiger partial charge in [0.25, 0.3) is 11.6 Å². The molecular weight excluding hydrogens is 538 g/mol. The third kappa shape index (κ3) is 6.78. The minimum atomic E-state index is -3.01. The van der Waals surface area contributed by atoms with E-state index in [1.165, 1.54) is 59.7 Å². The van der Waals surface area contributed by atoms with Crippen molar-refractivity contribution in [2.45, 2.75) is 13.5 Å². The summed E-state index contributed by atoms with van der Waals surface area (Å²) in [6, 6.07) is 12.6. The Bertz CT molecular complexity index is 1430. The highest BCUT2D eigenvalue weighted by atomic mass is 32.2. The molecule has 0 spiro atoms. The molecule has 0 aliphatic carbocycles. The van der Waals surface area contributed by atoms with Gasteiger partial charge in [-0.25, -0.2) is 4.99 Å². The van der Waals surface area contributed by atoms with Crippen molar-refractivity contribution in [1.82, 2.24) is 0 Å². The van der Waals surface area contributed by atoms with Crippen molar-refractivity contribution < 1.29 is 37.2 Å². The van der Waals surface area contributed by atoms with Gasteiger partial charge in [0.05, 0.1) is 35.3 Å². The normalized spacial score (nSPS) is 14.1. The summed E-state index contributed by atoms with van der Waals surface area (Å²) in [4.78, 5) is 42.3. The number of amidine groups is 1. The summed E-state index contributed by atoms with van der Waals surface area (Å²) in [5, 5.41) is 14.1. The summed E-state index contributed by atoms with van der Waals surface area (Å²) < 4.78 is 39.9. The van der Waals surface area contributed by atoms with E-state index in [4.69, 9.17) is 9.15 Å². The quantitative estimate of drug-likeness (QED) is 0.201. The van der Waals surface area contributed by atoms with E-state index in [-0.39, 0.29) is 39.5 Å². The lowest BCUT2D eigenvalue weighted by atomic mass is 10.2. The highest BCUT2D eigenvalue weighted by Gasteiger charge is 2.33. The number of anilines is 2. The van der Waals surface area contributed by atoms with Crippen LogP contribution in [0.5, 0.6) is 11.5 Å². The molecule has 1 aliphatic rings. The molecule has 202 valence electrons. The molecule has 0 fully saturated rings. The second-order valence-corrected chi connectivity index (χ2v) is 8.60. The van der Waals surface area contributed by atoms with Gasteiger partial charge in [-0.3, -0.25) is 24.6 Å². The van der Waals surface area contributed by atoms with Crippen LogP contribution in [0.15, 0.2) is 76.0 Å². The molecule has 14 heteroatoms. The molecule has 11 nitrogen and oxygen atoms in total. The van der Waals surface area contributed by atoms with Gasteiger partial charge in [-0.15, -0.1) is 0 Å². The van der Waals surface area contributed by atoms with Gasteiger partial charge in [0.2, 0.25) is 5.91 Å². The largest absolute Gasteiger partial charge is 0.494 e. The molecule has 2 amide bonds. The zero-order valence-electron chi connectivity index (χ0n) is 20.2. The molecular formula is C25H20F2N4O7S. The Morgan fingerprint density at radius 1 is 1.23 bits per heavy atom. The molecule has 0 radical (unpaired) electrons. The number of nitrogens with zero attached hydrogens (tertiary/aromatic N) is 3. The van der Waals surface area contributed by atoms with Crippen molar-refractivity contribution in [3.8, 4) is 11.5 Å². The number of hydrogen-bond donors (Lipinski definition) is 1. The third-order valence-electron chi connectivity index (χ3n) is 5.06. The van der Waals surface area contributed by atoms with E-state index in [1.807, 2.05) is 0 Å². The van der Waals surface area contributed by atoms with E-state index < -0.39 is 23.3 Å². The van der Waals surface area contributed by atoms with Crippen molar-refractivity contribution in [2.75, 3.05) is 22.6 Å². The minimum Gasteiger partial charge on any atom is -0.494 e. The Balaban J connectivity index is 1.54. The molecule has 39 heavy (non-hydrogen) atoms. The highest BCUT2D eigenvalue weighted by Crippen LogP contribution is 2.32. The number of nitro benzene ring substituents is 1. The van der Waals surface area contributed by atoms with E-state index in [9.17, 15) is 28.5 Å². The van der Waals surface area contributed by atoms with Gasteiger partial charge in [-0.2, -0.15) is 8.78 Å². The molecule has 0 saturated heterocycles. The second-order valence-electron chi connectivity index (χ2n) is 7.66. The van der Waals surface area contributed by atoms with Crippen molar-refractivity contribution in [2.24, 2.45) is 4.99 Å². The van der Waals surface area contributed by atoms with Gasteiger partial charge in [-0.1, -0.05) is 11.8 Å². The first-order chi connectivity index (χ1) is 18.7. The molecule has 1 aliphatic heterocycles. The summed E-state index contributed by atoms with van der Waals surface area (Å²) in [5.74, 6) is -0.839. The smallest absolute Gasteiger partial charge is 0.387 e. The first-order valence-corrected chi connectivity index (χ1v) is 12.3. The lowest BCUT2D eigenvalue weighted by Gasteiger charge is -2.18. The Morgan fingerprint density at radius 3 is 2.62 bits per heavy atom. The monoisotopic (exact) mass is 558 g/mol. The maximum absolute atomic E-state index is 13.2. The number of nitrogens with one attached hydrogen (secondary N) is 1. The lowest BCUT2D eigenvalue weighted by Crippen LogP contribution is -2.31. The molecule has 4 rings (SSSR count). The van der Waals surface area contributed by atoms with E-state index in [0.717, 1.165) is 11.8 Å². The third-order valence-corrected chi connectivity index (χ3v) is 5.99. The number of amides is 2. The zero-order valence-corrected chi connectivity index (χ0v) is 21.0. The van der Waals surface area contributed by atoms with Gasteiger partial charge in [0.15, 0.2) is 5.17 Å². The number of ether oxygens (including phenoxy) is 2. The molecule has 0 unspecified atom stereocenters. The number of carbonyl (C=O) groups excluding carboxylic acids is 2. The molecule has 0 atom stereocenters. The Kier molecular flexibility index (Phi) is 8.56. The summed E-state index contributed by atoms with van der Waals surface area (Å²) in [5.41, 5.74) is -0.0614. The fraction of sp³-hybridized carbons (Fsp3) is 0.160. The number of hydrogen-bond acceptors (Lipinski definition) is 9. The predicted octanol–water partition coefficient (Wildman–Crippen LogP) is 5.30. The van der Waals surface area contributed by atoms with Crippen LogP contribution in [0.1, 0.15) is 12.7 Å². The van der Waals surface area contributed by atoms with E-state index in [2.05, 4.69) is 15.0 Å². The Hall–Kier alpha value is -4.72. The number of alkyl halides is 2. The van der Waals surface area contributed by atoms with Crippen LogP contribution in [0.4, 0.5) is 25.8 Å². The number of furan rings is 1. The summed E-state index contributed by atoms with van der Waals surface area (Å²) in [6.07, 6.45) is 2.84. The van der Waals surface area contributed by atoms with Crippen LogP contribution in [0.3, 0.4) is 0 Å². The van der Waals surface area contributed by atoms with Gasteiger partial charge >= 0.3 is 6.61 Å². The van der Waals surface area contributed by atoms with Gasteiger partial charge < -0.3 is 19.2 Å². The van der Waals surface area contributed by atoms with Gasteiger partial charge in [0, 0.05) is 6.08 Å². The highest BCUT2D eigenvalue weighted by molar-refractivity contribution is 8.14. The first-order valence-electron chi connectivity index (χ1n) is 11.3. The summed E-state index contributed by atoms with van der Waals surface area (Å²) >= 11 is 0.901. The van der Waals surface area contributed by atoms with Crippen LogP contribution >= 0.6 is 11.8 Å². The molecule has 1 N–H and O–H groups in total. The van der Waals surface area contributed by atoms with Gasteiger partial charge in [0.1, 0.15) is 28.6 Å². The SMILES string of the molecule is CCOc1ccc(NC(=O)CSC2=NC(=Cc3ccco3)C(=O)N2c2ccc(OC(F)F)cc2)c([N+](=O)[O-])c1. The number of benzene rings is 2. The molecule has 3 aromatic rings. The second kappa shape index (κ2) is 12.2. The topological polar surface area (TPSA) is 137 Å². The van der Waals surface area contributed by atoms with Crippen molar-refractivity contribution in [3.63, 3.8) is 0 Å². The number of rotatable bonds is 10. The fourth-order valence-electron chi connectivity index (χ4n) is 3.45. The molecule has 0 bridgehead atoms. The van der Waals surface area contributed by atoms with Crippen LogP contribution in [0.25, 0.3) is 6.08 Å². The van der Waals surface area contributed by atoms with Crippen molar-refractivity contribution >= 4 is 51.9 Å². The lowest BCUT2D eigenvalue weighted by molar-refractivity contribution is -0.384. The van der Waals surface area contributed by atoms with Crippen molar-refractivity contribution in [1.29, 1.82) is 0 Å². The predicted molar refractivity (Wildman–Crippen MR) is 140 cm³/mol. The van der Waals surface area contributed by atoms with E-state index in [0.29, 0.717) is 18.1 Å². The van der Waals surface area contributed by atoms with Crippen LogP contribution < -0.4 is 19.7 Å². The first kappa shape index (κ1) is 27.3. The van der Waals surface area contributed by atoms with Gasteiger partial charge in [-0.05, 0) is 55.5 Å². The van der Waals surface area contributed by atoms with Crippen LogP contribution in [0, 0.1) is 10.1 Å². The Labute approximate surface area is 224 Å². The summed E-state index contributed by atoms with van der Waals surface area (Å²) in [6.45, 7) is -0.960. The maximum atomic E-state index is 13.2. The van der Waals surface area contributed by atoms with E-state index >= 15 is 0 Å². The average molecular weight is 559 g/mol. The number of aliphatic imine (C=N–C) groups is 1. The average Bonchev–Trinajstić information content (AvgIpc) is 3.52. The number of halogens is 2. The molecule has 1 aromatic heterocycles. The Morgan fingerprint density at radius 2 is 1.97 bits per heavy atom. The number of nitro groups is 1. The van der Waals surface area contributed by atoms with E-state index in [1.54, 1.807) is 19.1 Å². The standard InChI is InChI=1S/C25H20F2N4O7S/c1-2-36-18-9-10-19(21(13-18)31(34)35)28-22(32)14-39-25-29-20(12-17-4-3-11-37-17)23(33)30(25)15-5-7-16(8-6-15)38-24(26)27/h3-13,24H,2,14H2,1H3,(H,28,32).